The van der Waals surface area contributed by atoms with E-state index in [9.17, 15) is 55.9 Å². The molecule has 1 aromatic rings. The van der Waals surface area contributed by atoms with Crippen LogP contribution in [0.25, 0.3) is 0 Å². The van der Waals surface area contributed by atoms with Crippen LogP contribution in [0.4, 0.5) is 0 Å². The average molecular weight is 708 g/mol. The third-order valence-corrected chi connectivity index (χ3v) is 8.61. The number of carbonyl (C=O) groups excluding carboxylic acids is 1. The summed E-state index contributed by atoms with van der Waals surface area (Å²) in [5.74, 6) is 0.117. The average Bonchev–Trinajstić information content (AvgIpc) is 3.07. The maximum absolute atomic E-state index is 12.1. The minimum atomic E-state index is -1.87. The van der Waals surface area contributed by atoms with Gasteiger partial charge in [0.25, 0.3) is 0 Å². The largest absolute Gasteiger partial charge is 0.462 e. The fraction of sp³-hybridized carbons (Fsp3) is 0.774. The van der Waals surface area contributed by atoms with Gasteiger partial charge in [-0.3, -0.25) is 4.79 Å². The van der Waals surface area contributed by atoms with Crippen LogP contribution in [0.3, 0.4) is 0 Å². The van der Waals surface area contributed by atoms with Gasteiger partial charge < -0.3 is 84.8 Å². The lowest BCUT2D eigenvalue weighted by atomic mass is 9.95. The molecule has 3 heterocycles. The first-order chi connectivity index (χ1) is 23.1. The Kier molecular flexibility index (Phi) is 13.7. The van der Waals surface area contributed by atoms with Gasteiger partial charge in [-0.15, -0.1) is 0 Å². The van der Waals surface area contributed by atoms with Gasteiger partial charge >= 0.3 is 0 Å². The number of rotatable bonds is 12. The van der Waals surface area contributed by atoms with Crippen molar-refractivity contribution >= 4 is 5.91 Å². The summed E-state index contributed by atoms with van der Waals surface area (Å²) in [6.45, 7) is 3.75. The van der Waals surface area contributed by atoms with Crippen LogP contribution in [-0.4, -0.2) is 175 Å². The molecule has 15 atom stereocenters. The van der Waals surface area contributed by atoms with Crippen molar-refractivity contribution in [1.82, 2.24) is 5.32 Å². The third kappa shape index (κ3) is 9.42. The van der Waals surface area contributed by atoms with Crippen molar-refractivity contribution in [1.29, 1.82) is 0 Å². The van der Waals surface area contributed by atoms with Gasteiger partial charge in [-0.1, -0.05) is 32.9 Å². The van der Waals surface area contributed by atoms with Crippen LogP contribution in [0.1, 0.15) is 26.3 Å². The maximum atomic E-state index is 12.1. The molecule has 11 N–H and O–H groups in total. The second-order valence-corrected chi connectivity index (χ2v) is 13.4. The molecule has 4 rings (SSSR count). The van der Waals surface area contributed by atoms with E-state index in [0.29, 0.717) is 13.0 Å². The van der Waals surface area contributed by atoms with Crippen molar-refractivity contribution in [3.63, 3.8) is 0 Å². The lowest BCUT2D eigenvalue weighted by Gasteiger charge is -2.46. The summed E-state index contributed by atoms with van der Waals surface area (Å²) in [5.41, 5.74) is 0.325. The van der Waals surface area contributed by atoms with Crippen LogP contribution in [0.2, 0.25) is 0 Å². The van der Waals surface area contributed by atoms with Crippen LogP contribution < -0.4 is 10.1 Å². The molecule has 0 aromatic heterocycles. The number of aliphatic hydroxyl groups is 10. The molecule has 3 aliphatic rings. The van der Waals surface area contributed by atoms with E-state index >= 15 is 0 Å². The summed E-state index contributed by atoms with van der Waals surface area (Å²) in [5, 5.41) is 106. The van der Waals surface area contributed by atoms with E-state index < -0.39 is 117 Å². The minimum absolute atomic E-state index is 0.0939. The van der Waals surface area contributed by atoms with E-state index in [-0.39, 0.29) is 11.7 Å². The van der Waals surface area contributed by atoms with Gasteiger partial charge in [-0.05, 0) is 24.1 Å². The van der Waals surface area contributed by atoms with Crippen molar-refractivity contribution < 1.29 is 84.3 Å². The third-order valence-electron chi connectivity index (χ3n) is 8.61. The highest BCUT2D eigenvalue weighted by molar-refractivity contribution is 5.81. The number of ether oxygens (including phenoxy) is 6. The molecule has 1 aromatic carbocycles. The zero-order valence-corrected chi connectivity index (χ0v) is 27.3. The van der Waals surface area contributed by atoms with Crippen molar-refractivity contribution in [3.8, 4) is 5.75 Å². The van der Waals surface area contributed by atoms with Crippen molar-refractivity contribution in [2.75, 3.05) is 26.4 Å². The molecule has 280 valence electrons. The Labute approximate surface area is 282 Å². The lowest BCUT2D eigenvalue weighted by Crippen LogP contribution is -2.65. The van der Waals surface area contributed by atoms with Gasteiger partial charge in [0.2, 0.25) is 12.2 Å². The Hall–Kier alpha value is -2.11. The van der Waals surface area contributed by atoms with Crippen LogP contribution >= 0.6 is 0 Å². The topological polar surface area (TPSA) is 287 Å². The number of hydrogen-bond donors (Lipinski definition) is 11. The highest BCUT2D eigenvalue weighted by Gasteiger charge is 2.52. The molecule has 3 saturated heterocycles. The SMILES string of the molecule is CC(C)(C)C(=O)NCCc1ccc(O[C@H]2OC(CO[C@H]3OC(CO)[C@@H](O)[C@H](O)C3O)[C@@H](O)[C@H](O[C@@H]3OC(CO)[C@H](O)C(O)[C@@H]3O)C2O)cc1. The molecule has 0 spiro atoms. The van der Waals surface area contributed by atoms with Gasteiger partial charge in [0.15, 0.2) is 12.6 Å². The van der Waals surface area contributed by atoms with Crippen molar-refractivity contribution in [2.24, 2.45) is 5.41 Å². The van der Waals surface area contributed by atoms with E-state index in [1.54, 1.807) is 45.0 Å². The Morgan fingerprint density at radius 3 is 1.78 bits per heavy atom. The molecule has 0 radical (unpaired) electrons. The van der Waals surface area contributed by atoms with Crippen LogP contribution in [0, 0.1) is 5.41 Å². The Morgan fingerprint density at radius 1 is 0.694 bits per heavy atom. The number of nitrogens with one attached hydrogen (secondary N) is 1. The van der Waals surface area contributed by atoms with E-state index in [0.717, 1.165) is 5.56 Å². The minimum Gasteiger partial charge on any atom is -0.462 e. The summed E-state index contributed by atoms with van der Waals surface area (Å²) in [7, 11) is 0. The molecular formula is C31H49NO17. The molecule has 6 unspecified atom stereocenters. The molecule has 0 aliphatic carbocycles. The molecule has 1 amide bonds. The highest BCUT2D eigenvalue weighted by Crippen LogP contribution is 2.32. The monoisotopic (exact) mass is 707 g/mol. The van der Waals surface area contributed by atoms with E-state index in [1.807, 2.05) is 0 Å². The predicted octanol–water partition coefficient (Wildman–Crippen LogP) is -4.78. The molecule has 49 heavy (non-hydrogen) atoms. The fourth-order valence-electron chi connectivity index (χ4n) is 5.48. The summed E-state index contributed by atoms with van der Waals surface area (Å²) in [6, 6.07) is 6.61. The predicted molar refractivity (Wildman–Crippen MR) is 162 cm³/mol. The quantitative estimate of drug-likeness (QED) is 0.0972. The molecule has 18 heteroatoms. The summed E-state index contributed by atoms with van der Waals surface area (Å²) in [4.78, 5) is 12.1. The first-order valence-corrected chi connectivity index (χ1v) is 16.0. The number of aliphatic hydroxyl groups excluding tert-OH is 10. The fourth-order valence-corrected chi connectivity index (χ4v) is 5.48. The smallest absolute Gasteiger partial charge is 0.229 e. The first kappa shape index (κ1) is 39.7. The van der Waals surface area contributed by atoms with Gasteiger partial charge in [0, 0.05) is 12.0 Å². The molecule has 0 bridgehead atoms. The second-order valence-electron chi connectivity index (χ2n) is 13.4. The molecule has 0 saturated carbocycles. The number of benzene rings is 1. The van der Waals surface area contributed by atoms with E-state index in [4.69, 9.17) is 28.4 Å². The number of carbonyl (C=O) groups is 1. The Balaban J connectivity index is 1.49. The lowest BCUT2D eigenvalue weighted by molar-refractivity contribution is -0.358. The van der Waals surface area contributed by atoms with Crippen LogP contribution in [0.5, 0.6) is 5.75 Å². The van der Waals surface area contributed by atoms with E-state index in [2.05, 4.69) is 5.32 Å². The van der Waals surface area contributed by atoms with Gasteiger partial charge in [-0.25, -0.2) is 0 Å². The number of hydrogen-bond acceptors (Lipinski definition) is 17. The van der Waals surface area contributed by atoms with E-state index in [1.165, 1.54) is 0 Å². The molecule has 3 fully saturated rings. The summed E-state index contributed by atoms with van der Waals surface area (Å²) >= 11 is 0. The van der Waals surface area contributed by atoms with Gasteiger partial charge in [0.1, 0.15) is 79.0 Å². The van der Waals surface area contributed by atoms with Gasteiger partial charge in [-0.2, -0.15) is 0 Å². The normalized spacial score (nSPS) is 40.1. The maximum Gasteiger partial charge on any atom is 0.229 e. The summed E-state index contributed by atoms with van der Waals surface area (Å²) < 4.78 is 33.7. The first-order valence-electron chi connectivity index (χ1n) is 16.0. The standard InChI is InChI=1S/C31H49NO17/c1-31(2,3)30(43)32-9-8-13-4-6-14(7-5-13)45-29-25(42)26(49-28-24(41)22(39)19(36)16(11-34)47-28)20(37)17(48-29)12-44-27-23(40)21(38)18(35)15(10-33)46-27/h4-7,15-29,33-42H,8-12H2,1-3H3,(H,32,43)/t15?,16?,17?,18-,19+,20-,21+,22?,23?,24+,25?,26+,27+,28+,29+/m1/s1. The van der Waals surface area contributed by atoms with Crippen molar-refractivity contribution in [3.05, 3.63) is 29.8 Å². The van der Waals surface area contributed by atoms with Crippen LogP contribution in [-0.2, 0) is 34.9 Å². The highest BCUT2D eigenvalue weighted by atomic mass is 16.7. The molecule has 3 aliphatic heterocycles. The van der Waals surface area contributed by atoms with Crippen LogP contribution in [0.15, 0.2) is 24.3 Å². The zero-order chi connectivity index (χ0) is 36.2. The Bertz CT molecular complexity index is 1180. The molecule has 18 nitrogen and oxygen atoms in total. The summed E-state index contributed by atoms with van der Waals surface area (Å²) in [6.07, 6.45) is -24.2. The van der Waals surface area contributed by atoms with Gasteiger partial charge in [0.05, 0.1) is 19.8 Å². The number of amides is 1. The zero-order valence-electron chi connectivity index (χ0n) is 27.3. The molecular weight excluding hydrogens is 658 g/mol. The second kappa shape index (κ2) is 16.9. The van der Waals surface area contributed by atoms with Crippen molar-refractivity contribution in [2.45, 2.75) is 119 Å². The Morgan fingerprint density at radius 2 is 1.22 bits per heavy atom.